The number of alkyl halides is 14. The van der Waals surface area contributed by atoms with Crippen LogP contribution in [0.5, 0.6) is 0 Å². The Balaban J connectivity index is 0.000000251. The zero-order valence-corrected chi connectivity index (χ0v) is 39.0. The van der Waals surface area contributed by atoms with E-state index in [0.717, 1.165) is 9.64 Å². The Morgan fingerprint density at radius 2 is 0.914 bits per heavy atom. The van der Waals surface area contributed by atoms with E-state index < -0.39 is 64.1 Å². The maximum atomic E-state index is 14.5. The maximum absolute atomic E-state index is 14.5. The third-order valence-corrected chi connectivity index (χ3v) is 11.1. The van der Waals surface area contributed by atoms with Crippen LogP contribution in [0.2, 0.25) is 10.0 Å². The van der Waals surface area contributed by atoms with Crippen molar-refractivity contribution in [2.24, 2.45) is 0 Å². The Bertz CT molecular complexity index is 2850. The molecule has 0 bridgehead atoms. The summed E-state index contributed by atoms with van der Waals surface area (Å²) in [7, 11) is -1.73. The summed E-state index contributed by atoms with van der Waals surface area (Å²) in [5.74, 6) is 0. The molecular formula is C40H28BCl2F14IN6O6. The lowest BCUT2D eigenvalue weighted by Crippen LogP contribution is -2.50. The summed E-state index contributed by atoms with van der Waals surface area (Å²) in [5.41, 5.74) is -13.7. The molecule has 2 aromatic heterocycles. The second-order valence-corrected chi connectivity index (χ2v) is 16.8. The summed E-state index contributed by atoms with van der Waals surface area (Å²) in [6, 6.07) is 9.58. The Morgan fingerprint density at radius 3 is 1.26 bits per heavy atom. The number of halogens is 17. The van der Waals surface area contributed by atoms with Gasteiger partial charge in [0.2, 0.25) is 0 Å². The smallest absolute Gasteiger partial charge is 0.423 e. The van der Waals surface area contributed by atoms with Gasteiger partial charge < -0.3 is 10.0 Å². The van der Waals surface area contributed by atoms with Crippen LogP contribution in [0.3, 0.4) is 0 Å². The molecule has 0 aliphatic heterocycles. The van der Waals surface area contributed by atoms with Crippen molar-refractivity contribution in [2.45, 2.75) is 63.7 Å². The van der Waals surface area contributed by atoms with Gasteiger partial charge in [-0.1, -0.05) is 59.6 Å². The van der Waals surface area contributed by atoms with E-state index in [1.54, 1.807) is 6.20 Å². The number of hydrogen-bond acceptors (Lipinski definition) is 8. The quantitative estimate of drug-likeness (QED) is 0.0500. The van der Waals surface area contributed by atoms with Crippen LogP contribution < -0.4 is 5.46 Å². The minimum Gasteiger partial charge on any atom is -0.423 e. The Morgan fingerprint density at radius 1 is 0.557 bits per heavy atom. The fraction of sp³-hybridized carbons (Fsp3) is 0.250. The van der Waals surface area contributed by atoms with Crippen molar-refractivity contribution in [2.75, 3.05) is 0 Å². The first kappa shape index (κ1) is 57.0. The summed E-state index contributed by atoms with van der Waals surface area (Å²) in [6.45, 7) is 5.03. The van der Waals surface area contributed by atoms with Gasteiger partial charge in [0.05, 0.1) is 37.2 Å². The van der Waals surface area contributed by atoms with Gasteiger partial charge in [-0.3, -0.25) is 20.2 Å². The second kappa shape index (κ2) is 20.6. The highest BCUT2D eigenvalue weighted by molar-refractivity contribution is 14.1. The second-order valence-electron chi connectivity index (χ2n) is 14.8. The Hall–Kier alpha value is -5.59. The van der Waals surface area contributed by atoms with Gasteiger partial charge in [0.25, 0.3) is 11.4 Å². The molecule has 0 radical (unpaired) electrons. The van der Waals surface area contributed by atoms with E-state index in [0.29, 0.717) is 41.1 Å². The van der Waals surface area contributed by atoms with Crippen molar-refractivity contribution in [3.8, 4) is 22.5 Å². The third-order valence-electron chi connectivity index (χ3n) is 9.87. The number of nitrogens with zero attached hydrogens (tertiary/aromatic N) is 6. The van der Waals surface area contributed by atoms with E-state index in [2.05, 4.69) is 10.2 Å². The summed E-state index contributed by atoms with van der Waals surface area (Å²) < 4.78 is 188. The first-order valence-corrected chi connectivity index (χ1v) is 20.6. The molecule has 0 unspecified atom stereocenters. The monoisotopic (exact) mass is 1160 g/mol. The van der Waals surface area contributed by atoms with Gasteiger partial charge in [-0.2, -0.15) is 62.9 Å². The molecule has 4 aromatic carbocycles. The van der Waals surface area contributed by atoms with Crippen molar-refractivity contribution in [1.29, 1.82) is 0 Å². The molecule has 0 fully saturated rings. The minimum atomic E-state index is -6.23. The normalized spacial score (nSPS) is 12.4. The fourth-order valence-corrected chi connectivity index (χ4v) is 7.45. The van der Waals surface area contributed by atoms with Crippen LogP contribution >= 0.6 is 45.8 Å². The van der Waals surface area contributed by atoms with E-state index in [-0.39, 0.29) is 54.8 Å². The Labute approximate surface area is 408 Å². The molecule has 6 rings (SSSR count). The predicted octanol–water partition coefficient (Wildman–Crippen LogP) is 12.3. The standard InChI is InChI=1S/C20H13ClF7N3O2.C14H10F7IN2.C6H5BClNO4/c1-10-5-14(18(22,19(23,24)25)20(26,27)28)6-11(2)17(10)30-9-13(8-29-30)12-3-4-15(21)16(7-12)31(32)33;1-7-3-9(12(15,13(16,17)18)14(19,20)21)4-8(2)11(7)24-6-10(22)5-23-24;8-5-2-1-4(7(10)11)3-6(5)9(12)13/h3-9H,1-2H3;3-6H,1-2H3;1-3,10-11H. The van der Waals surface area contributed by atoms with Gasteiger partial charge in [0.1, 0.15) is 10.0 Å². The molecule has 0 amide bonds. The van der Waals surface area contributed by atoms with E-state index in [9.17, 15) is 81.7 Å². The largest absolute Gasteiger partial charge is 0.488 e. The molecule has 70 heavy (non-hydrogen) atoms. The van der Waals surface area contributed by atoms with Crippen molar-refractivity contribution in [3.63, 3.8) is 0 Å². The Kier molecular flexibility index (Phi) is 16.8. The van der Waals surface area contributed by atoms with Gasteiger partial charge >= 0.3 is 43.2 Å². The van der Waals surface area contributed by atoms with Crippen LogP contribution in [0.15, 0.2) is 85.5 Å². The van der Waals surface area contributed by atoms with Crippen LogP contribution in [0.1, 0.15) is 33.4 Å². The third kappa shape index (κ3) is 11.6. The number of nitro groups is 2. The molecule has 12 nitrogen and oxygen atoms in total. The minimum absolute atomic E-state index is 0.0330. The van der Waals surface area contributed by atoms with Crippen LogP contribution in [0.4, 0.5) is 72.8 Å². The molecule has 0 atom stereocenters. The molecular weight excluding hydrogens is 1140 g/mol. The molecule has 0 spiro atoms. The average molecular weight is 1160 g/mol. The van der Waals surface area contributed by atoms with Gasteiger partial charge in [-0.25, -0.2) is 18.1 Å². The number of rotatable bonds is 8. The van der Waals surface area contributed by atoms with Crippen LogP contribution in [-0.4, -0.2) is 71.3 Å². The first-order chi connectivity index (χ1) is 31.9. The average Bonchev–Trinajstić information content (AvgIpc) is 3.88. The fourth-order valence-electron chi connectivity index (χ4n) is 6.69. The van der Waals surface area contributed by atoms with Crippen LogP contribution in [0.25, 0.3) is 22.5 Å². The lowest BCUT2D eigenvalue weighted by atomic mass is 9.80. The van der Waals surface area contributed by atoms with E-state index in [1.807, 2.05) is 22.6 Å². The highest BCUT2D eigenvalue weighted by atomic mass is 127. The van der Waals surface area contributed by atoms with E-state index in [4.69, 9.17) is 33.2 Å². The zero-order chi connectivity index (χ0) is 53.4. The zero-order valence-electron chi connectivity index (χ0n) is 35.3. The molecule has 2 heterocycles. The van der Waals surface area contributed by atoms with Gasteiger partial charge in [-0.15, -0.1) is 0 Å². The van der Waals surface area contributed by atoms with Gasteiger partial charge in [0.15, 0.2) is 0 Å². The molecule has 0 saturated heterocycles. The van der Waals surface area contributed by atoms with Crippen molar-refractivity contribution < 1.29 is 81.4 Å². The summed E-state index contributed by atoms with van der Waals surface area (Å²) in [6.07, 6.45) is -19.0. The molecule has 0 saturated carbocycles. The molecule has 0 aliphatic rings. The highest BCUT2D eigenvalue weighted by Crippen LogP contribution is 2.55. The van der Waals surface area contributed by atoms with E-state index in [1.165, 1.54) is 86.0 Å². The number of aryl methyl sites for hydroxylation is 4. The van der Waals surface area contributed by atoms with Crippen molar-refractivity contribution >= 4 is 69.7 Å². The molecule has 30 heteroatoms. The molecule has 0 aliphatic carbocycles. The lowest BCUT2D eigenvalue weighted by Gasteiger charge is -2.31. The summed E-state index contributed by atoms with van der Waals surface area (Å²) >= 11 is 13.2. The van der Waals surface area contributed by atoms with Crippen LogP contribution in [0, 0.1) is 51.5 Å². The number of benzene rings is 4. The maximum Gasteiger partial charge on any atom is 0.488 e. The van der Waals surface area contributed by atoms with Gasteiger partial charge in [0, 0.05) is 41.2 Å². The SMILES string of the molecule is Cc1cc(C(F)(C(F)(F)F)C(F)(F)F)cc(C)c1-n1cc(-c2ccc(Cl)c([N+](=O)[O-])c2)cn1.Cc1cc(C(F)(C(F)(F)F)C(F)(F)F)cc(C)c1-n1cc(I)cn1.O=[N+]([O-])c1cc(B(O)O)ccc1Cl. The first-order valence-electron chi connectivity index (χ1n) is 18.8. The van der Waals surface area contributed by atoms with Crippen LogP contribution in [-0.2, 0) is 11.3 Å². The molecule has 376 valence electrons. The summed E-state index contributed by atoms with van der Waals surface area (Å²) in [4.78, 5) is 20.1. The predicted molar refractivity (Wildman–Crippen MR) is 234 cm³/mol. The molecule has 2 N–H and O–H groups in total. The highest BCUT2D eigenvalue weighted by Gasteiger charge is 2.74. The van der Waals surface area contributed by atoms with E-state index >= 15 is 0 Å². The number of hydrogen-bond donors (Lipinski definition) is 2. The number of nitro benzene ring substituents is 2. The molecule has 6 aromatic rings. The van der Waals surface area contributed by atoms with Crippen molar-refractivity contribution in [3.05, 3.63) is 153 Å². The van der Waals surface area contributed by atoms with Gasteiger partial charge in [-0.05, 0) is 95.7 Å². The topological polar surface area (TPSA) is 162 Å². The van der Waals surface area contributed by atoms with Crippen molar-refractivity contribution in [1.82, 2.24) is 19.6 Å². The number of aromatic nitrogens is 4. The summed E-state index contributed by atoms with van der Waals surface area (Å²) in [5, 5.41) is 46.7. The lowest BCUT2D eigenvalue weighted by molar-refractivity contribution is -0.384.